The number of halogens is 1. The van der Waals surface area contributed by atoms with Crippen LogP contribution in [0.4, 0.5) is 5.69 Å². The van der Waals surface area contributed by atoms with Gasteiger partial charge in [0.15, 0.2) is 6.10 Å². The van der Waals surface area contributed by atoms with Crippen molar-refractivity contribution in [2.75, 3.05) is 5.32 Å². The summed E-state index contributed by atoms with van der Waals surface area (Å²) in [6, 6.07) is 12.4. The molecule has 0 radical (unpaired) electrons. The molecule has 0 fully saturated rings. The number of rotatable bonds is 4. The molecule has 1 aliphatic rings. The lowest BCUT2D eigenvalue weighted by atomic mass is 10.1. The first kappa shape index (κ1) is 19.2. The third kappa shape index (κ3) is 4.08. The molecule has 2 amide bonds. The van der Waals surface area contributed by atoms with Gasteiger partial charge >= 0.3 is 0 Å². The summed E-state index contributed by atoms with van der Waals surface area (Å²) >= 11 is 6.10. The minimum atomic E-state index is -0.538. The zero-order valence-electron chi connectivity index (χ0n) is 15.7. The summed E-state index contributed by atoms with van der Waals surface area (Å²) in [6.07, 6.45) is 0.320. The van der Waals surface area contributed by atoms with Crippen LogP contribution < -0.4 is 10.1 Å². The minimum absolute atomic E-state index is 0.0257. The van der Waals surface area contributed by atoms with Gasteiger partial charge in [-0.05, 0) is 50.6 Å². The lowest BCUT2D eigenvalue weighted by molar-refractivity contribution is -0.139. The fraction of sp³-hybridized carbons (Fsp3) is 0.333. The molecule has 0 bridgehead atoms. The van der Waals surface area contributed by atoms with Gasteiger partial charge in [0, 0.05) is 23.8 Å². The van der Waals surface area contributed by atoms with Crippen LogP contribution in [-0.2, 0) is 11.3 Å². The molecule has 0 saturated heterocycles. The van der Waals surface area contributed by atoms with E-state index in [2.05, 4.69) is 12.2 Å². The average Bonchev–Trinajstić information content (AvgIpc) is 2.78. The van der Waals surface area contributed by atoms with Crippen molar-refractivity contribution >= 4 is 29.1 Å². The summed E-state index contributed by atoms with van der Waals surface area (Å²) in [5.41, 5.74) is 1.91. The first-order valence-corrected chi connectivity index (χ1v) is 9.44. The summed E-state index contributed by atoms with van der Waals surface area (Å²) in [5.74, 6) is 0.359. The number of hydrogen-bond acceptors (Lipinski definition) is 3. The fourth-order valence-corrected chi connectivity index (χ4v) is 3.29. The highest BCUT2D eigenvalue weighted by atomic mass is 35.5. The normalized spacial score (nSPS) is 17.6. The number of nitrogens with one attached hydrogen (secondary N) is 1. The van der Waals surface area contributed by atoms with E-state index in [9.17, 15) is 9.59 Å². The molecule has 2 unspecified atom stereocenters. The molecule has 5 nitrogen and oxygen atoms in total. The highest BCUT2D eigenvalue weighted by Crippen LogP contribution is 2.30. The second-order valence-electron chi connectivity index (χ2n) is 6.74. The molecule has 2 aromatic rings. The molecule has 2 aromatic carbocycles. The number of anilines is 1. The predicted octanol–water partition coefficient (Wildman–Crippen LogP) is 4.50. The Bertz CT molecular complexity index is 868. The molecule has 142 valence electrons. The number of hydrogen-bond donors (Lipinski definition) is 1. The van der Waals surface area contributed by atoms with E-state index in [1.807, 2.05) is 17.9 Å². The molecule has 1 N–H and O–H groups in total. The summed E-state index contributed by atoms with van der Waals surface area (Å²) in [6.45, 7) is 6.29. The van der Waals surface area contributed by atoms with E-state index in [0.717, 1.165) is 12.0 Å². The Balaban J connectivity index is 1.87. The van der Waals surface area contributed by atoms with Crippen LogP contribution in [0.1, 0.15) is 43.1 Å². The Labute approximate surface area is 164 Å². The van der Waals surface area contributed by atoms with Gasteiger partial charge < -0.3 is 15.0 Å². The van der Waals surface area contributed by atoms with Crippen LogP contribution in [0.3, 0.4) is 0 Å². The van der Waals surface area contributed by atoms with E-state index in [0.29, 0.717) is 28.6 Å². The van der Waals surface area contributed by atoms with Gasteiger partial charge in [-0.3, -0.25) is 9.59 Å². The molecule has 0 saturated carbocycles. The van der Waals surface area contributed by atoms with Gasteiger partial charge in [0.25, 0.3) is 11.8 Å². The molecular formula is C21H23ClN2O3. The van der Waals surface area contributed by atoms with Crippen molar-refractivity contribution in [2.45, 2.75) is 45.9 Å². The highest BCUT2D eigenvalue weighted by molar-refractivity contribution is 6.34. The maximum Gasteiger partial charge on any atom is 0.263 e. The molecular weight excluding hydrogens is 364 g/mol. The van der Waals surface area contributed by atoms with Gasteiger partial charge in [0.1, 0.15) is 5.75 Å². The first-order chi connectivity index (χ1) is 12.9. The van der Waals surface area contributed by atoms with Crippen LogP contribution in [0.2, 0.25) is 5.02 Å². The predicted molar refractivity (Wildman–Crippen MR) is 106 cm³/mol. The van der Waals surface area contributed by atoms with E-state index >= 15 is 0 Å². The number of benzene rings is 2. The molecule has 2 atom stereocenters. The first-order valence-electron chi connectivity index (χ1n) is 9.06. The van der Waals surface area contributed by atoms with Crippen molar-refractivity contribution in [3.8, 4) is 5.75 Å². The maximum atomic E-state index is 12.6. The smallest absolute Gasteiger partial charge is 0.263 e. The summed E-state index contributed by atoms with van der Waals surface area (Å²) in [5, 5.41) is 3.27. The Morgan fingerprint density at radius 1 is 1.33 bits per heavy atom. The minimum Gasteiger partial charge on any atom is -0.481 e. The number of carbonyl (C=O) groups is 2. The Kier molecular flexibility index (Phi) is 5.71. The Morgan fingerprint density at radius 3 is 2.78 bits per heavy atom. The van der Waals surface area contributed by atoms with Gasteiger partial charge in [0.05, 0.1) is 10.6 Å². The number of carbonyl (C=O) groups excluding carboxylic acids is 2. The lowest BCUT2D eigenvalue weighted by Gasteiger charge is -2.28. The zero-order chi connectivity index (χ0) is 19.6. The number of ether oxygens (including phenoxy) is 1. The van der Waals surface area contributed by atoms with Gasteiger partial charge in [-0.2, -0.15) is 0 Å². The van der Waals surface area contributed by atoms with Crippen molar-refractivity contribution in [3.05, 3.63) is 58.6 Å². The summed E-state index contributed by atoms with van der Waals surface area (Å²) in [4.78, 5) is 26.9. The highest BCUT2D eigenvalue weighted by Gasteiger charge is 2.30. The van der Waals surface area contributed by atoms with Crippen LogP contribution in [0.5, 0.6) is 5.75 Å². The SMILES string of the molecule is CCC(C)N1Cc2cc(NC(=O)c3ccccc3Cl)ccc2OC(C)C1=O. The van der Waals surface area contributed by atoms with Crippen molar-refractivity contribution in [3.63, 3.8) is 0 Å². The molecule has 27 heavy (non-hydrogen) atoms. The molecule has 3 rings (SSSR count). The standard InChI is InChI=1S/C21H23ClN2O3/c1-4-13(2)24-12-15-11-16(9-10-19(15)27-14(3)21(24)26)23-20(25)17-7-5-6-8-18(17)22/h5-11,13-14H,4,12H2,1-3H3,(H,23,25). The third-order valence-electron chi connectivity index (χ3n) is 4.83. The van der Waals surface area contributed by atoms with Crippen LogP contribution in [-0.4, -0.2) is 28.9 Å². The van der Waals surface area contributed by atoms with Crippen LogP contribution in [0.15, 0.2) is 42.5 Å². The van der Waals surface area contributed by atoms with Crippen molar-refractivity contribution in [1.82, 2.24) is 4.90 Å². The molecule has 0 spiro atoms. The van der Waals surface area contributed by atoms with Gasteiger partial charge in [-0.25, -0.2) is 0 Å². The summed E-state index contributed by atoms with van der Waals surface area (Å²) < 4.78 is 5.83. The van der Waals surface area contributed by atoms with Crippen LogP contribution in [0, 0.1) is 0 Å². The van der Waals surface area contributed by atoms with Crippen molar-refractivity contribution < 1.29 is 14.3 Å². The van der Waals surface area contributed by atoms with E-state index in [-0.39, 0.29) is 17.9 Å². The van der Waals surface area contributed by atoms with Crippen molar-refractivity contribution in [2.24, 2.45) is 0 Å². The fourth-order valence-electron chi connectivity index (χ4n) is 3.07. The molecule has 1 aliphatic heterocycles. The molecule has 6 heteroatoms. The van der Waals surface area contributed by atoms with Gasteiger partial charge in [-0.1, -0.05) is 30.7 Å². The van der Waals surface area contributed by atoms with Crippen LogP contribution in [0.25, 0.3) is 0 Å². The second kappa shape index (κ2) is 8.01. The number of fused-ring (bicyclic) bond motifs is 1. The lowest BCUT2D eigenvalue weighted by Crippen LogP contribution is -2.42. The largest absolute Gasteiger partial charge is 0.481 e. The zero-order valence-corrected chi connectivity index (χ0v) is 16.4. The number of nitrogens with zero attached hydrogens (tertiary/aromatic N) is 1. The molecule has 0 aliphatic carbocycles. The Hall–Kier alpha value is -2.53. The van der Waals surface area contributed by atoms with E-state index < -0.39 is 6.10 Å². The van der Waals surface area contributed by atoms with Gasteiger partial charge in [0.2, 0.25) is 0 Å². The maximum absolute atomic E-state index is 12.6. The third-order valence-corrected chi connectivity index (χ3v) is 5.16. The molecule has 0 aromatic heterocycles. The monoisotopic (exact) mass is 386 g/mol. The van der Waals surface area contributed by atoms with Crippen LogP contribution >= 0.6 is 11.6 Å². The van der Waals surface area contributed by atoms with Crippen molar-refractivity contribution in [1.29, 1.82) is 0 Å². The molecule has 1 heterocycles. The summed E-state index contributed by atoms with van der Waals surface area (Å²) in [7, 11) is 0. The van der Waals surface area contributed by atoms with E-state index in [4.69, 9.17) is 16.3 Å². The number of amides is 2. The quantitative estimate of drug-likeness (QED) is 0.841. The Morgan fingerprint density at radius 2 is 2.07 bits per heavy atom. The second-order valence-corrected chi connectivity index (χ2v) is 7.15. The van der Waals surface area contributed by atoms with Gasteiger partial charge in [-0.15, -0.1) is 0 Å². The average molecular weight is 387 g/mol. The van der Waals surface area contributed by atoms with E-state index in [1.54, 1.807) is 43.3 Å². The topological polar surface area (TPSA) is 58.6 Å². The van der Waals surface area contributed by atoms with E-state index in [1.165, 1.54) is 0 Å².